The number of rotatable bonds is 4. The maximum absolute atomic E-state index is 11.9. The minimum absolute atomic E-state index is 0.0725. The third-order valence-corrected chi connectivity index (χ3v) is 3.05. The molecule has 0 radical (unpaired) electrons. The lowest BCUT2D eigenvalue weighted by molar-refractivity contribution is -0.385. The number of allylic oxidation sites excluding steroid dienone is 1. The Hall–Kier alpha value is -3.54. The van der Waals surface area contributed by atoms with E-state index in [9.17, 15) is 20.2 Å². The van der Waals surface area contributed by atoms with Crippen molar-refractivity contribution in [1.29, 1.82) is 5.26 Å². The molecule has 9 heteroatoms. The van der Waals surface area contributed by atoms with Crippen LogP contribution in [0.3, 0.4) is 0 Å². The predicted octanol–water partition coefficient (Wildman–Crippen LogP) is 1.57. The number of benzene rings is 1. The van der Waals surface area contributed by atoms with Gasteiger partial charge in [-0.1, -0.05) is 6.07 Å². The van der Waals surface area contributed by atoms with E-state index in [1.54, 1.807) is 7.05 Å². The molecule has 0 bridgehead atoms. The Labute approximate surface area is 130 Å². The van der Waals surface area contributed by atoms with Crippen molar-refractivity contribution in [3.63, 3.8) is 0 Å². The third-order valence-electron chi connectivity index (χ3n) is 3.05. The molecule has 1 heterocycles. The molecule has 9 nitrogen and oxygen atoms in total. The zero-order chi connectivity index (χ0) is 17.0. The molecule has 0 aliphatic carbocycles. The number of esters is 1. The molecule has 23 heavy (non-hydrogen) atoms. The Morgan fingerprint density at radius 3 is 2.78 bits per heavy atom. The molecule has 2 rings (SSSR count). The maximum atomic E-state index is 11.9. The smallest absolute Gasteiger partial charge is 0.338 e. The molecular weight excluding hydrogens is 302 g/mol. The summed E-state index contributed by atoms with van der Waals surface area (Å²) in [7, 11) is 2.76. The zero-order valence-corrected chi connectivity index (χ0v) is 12.3. The van der Waals surface area contributed by atoms with Gasteiger partial charge in [0.2, 0.25) is 0 Å². The van der Waals surface area contributed by atoms with Crippen molar-refractivity contribution in [2.45, 2.75) is 0 Å². The van der Waals surface area contributed by atoms with Gasteiger partial charge in [-0.15, -0.1) is 0 Å². The molecule has 1 aromatic heterocycles. The van der Waals surface area contributed by atoms with Gasteiger partial charge in [0.15, 0.2) is 5.82 Å². The molecule has 0 N–H and O–H groups in total. The first kappa shape index (κ1) is 15.8. The first-order valence-electron chi connectivity index (χ1n) is 6.31. The minimum atomic E-state index is -0.775. The molecule has 116 valence electrons. The highest BCUT2D eigenvalue weighted by Gasteiger charge is 2.25. The van der Waals surface area contributed by atoms with Crippen molar-refractivity contribution in [2.75, 3.05) is 7.11 Å². The van der Waals surface area contributed by atoms with E-state index in [0.29, 0.717) is 5.82 Å². The normalized spacial score (nSPS) is 10.9. The van der Waals surface area contributed by atoms with Gasteiger partial charge in [0.05, 0.1) is 28.7 Å². The molecule has 1 aromatic carbocycles. The Bertz CT molecular complexity index is 847. The number of aryl methyl sites for hydroxylation is 1. The van der Waals surface area contributed by atoms with Crippen molar-refractivity contribution in [2.24, 2.45) is 7.05 Å². The summed E-state index contributed by atoms with van der Waals surface area (Å²) in [6, 6.07) is 5.79. The standard InChI is InChI=1S/C14H11N5O4/c1-18-12(16-8-17-18)6-9(7-15)13-10(14(20)23-2)4-3-5-11(13)19(21)22/h3-6,8H,1-2H3/b9-6+. The van der Waals surface area contributed by atoms with Crippen molar-refractivity contribution in [3.05, 3.63) is 51.6 Å². The van der Waals surface area contributed by atoms with E-state index < -0.39 is 10.9 Å². The first-order chi connectivity index (χ1) is 11.0. The molecule has 0 aliphatic heterocycles. The van der Waals surface area contributed by atoms with E-state index in [1.165, 1.54) is 35.3 Å². The van der Waals surface area contributed by atoms with Gasteiger partial charge in [-0.2, -0.15) is 10.4 Å². The number of nitro benzene ring substituents is 1. The number of carbonyl (C=O) groups excluding carboxylic acids is 1. The van der Waals surface area contributed by atoms with Crippen LogP contribution in [0.4, 0.5) is 5.69 Å². The SMILES string of the molecule is COC(=O)c1cccc([N+](=O)[O-])c1/C(C#N)=C/c1ncnn1C. The van der Waals surface area contributed by atoms with Gasteiger partial charge >= 0.3 is 5.97 Å². The highest BCUT2D eigenvalue weighted by Crippen LogP contribution is 2.30. The molecule has 0 spiro atoms. The van der Waals surface area contributed by atoms with E-state index in [0.717, 1.165) is 7.11 Å². The van der Waals surface area contributed by atoms with Gasteiger partial charge in [-0.3, -0.25) is 10.1 Å². The number of nitrogens with zero attached hydrogens (tertiary/aromatic N) is 5. The van der Waals surface area contributed by atoms with Crippen molar-refractivity contribution < 1.29 is 14.5 Å². The van der Waals surface area contributed by atoms with Crippen LogP contribution in [0.1, 0.15) is 21.7 Å². The lowest BCUT2D eigenvalue weighted by Gasteiger charge is -2.07. The molecule has 0 atom stereocenters. The van der Waals surface area contributed by atoms with Crippen LogP contribution in [0.25, 0.3) is 11.6 Å². The van der Waals surface area contributed by atoms with Gasteiger partial charge in [-0.05, 0) is 6.07 Å². The van der Waals surface area contributed by atoms with Crippen molar-refractivity contribution in [1.82, 2.24) is 14.8 Å². The lowest BCUT2D eigenvalue weighted by atomic mass is 9.98. The Morgan fingerprint density at radius 1 is 1.52 bits per heavy atom. The van der Waals surface area contributed by atoms with E-state index in [4.69, 9.17) is 0 Å². The van der Waals surface area contributed by atoms with Gasteiger partial charge < -0.3 is 4.74 Å². The molecular formula is C14H11N5O4. The molecule has 0 unspecified atom stereocenters. The number of carbonyl (C=O) groups is 1. The highest BCUT2D eigenvalue weighted by atomic mass is 16.6. The number of aromatic nitrogens is 3. The second-order valence-electron chi connectivity index (χ2n) is 4.36. The van der Waals surface area contributed by atoms with Crippen LogP contribution in [-0.4, -0.2) is 32.8 Å². The number of ether oxygens (including phenoxy) is 1. The van der Waals surface area contributed by atoms with Crippen LogP contribution in [0.15, 0.2) is 24.5 Å². The molecule has 0 aliphatic rings. The Kier molecular flexibility index (Phi) is 4.47. The Balaban J connectivity index is 2.75. The molecule has 0 amide bonds. The van der Waals surface area contributed by atoms with Crippen LogP contribution in [0, 0.1) is 21.4 Å². The summed E-state index contributed by atoms with van der Waals surface area (Å²) in [5.41, 5.74) is -0.650. The molecule has 0 saturated heterocycles. The fourth-order valence-electron chi connectivity index (χ4n) is 1.98. The van der Waals surface area contributed by atoms with E-state index in [2.05, 4.69) is 14.8 Å². The predicted molar refractivity (Wildman–Crippen MR) is 78.9 cm³/mol. The first-order valence-corrected chi connectivity index (χ1v) is 6.31. The summed E-state index contributed by atoms with van der Waals surface area (Å²) < 4.78 is 6.03. The van der Waals surface area contributed by atoms with E-state index in [-0.39, 0.29) is 22.4 Å². The van der Waals surface area contributed by atoms with E-state index >= 15 is 0 Å². The summed E-state index contributed by atoms with van der Waals surface area (Å²) in [4.78, 5) is 26.4. The Morgan fingerprint density at radius 2 is 2.26 bits per heavy atom. The van der Waals surface area contributed by atoms with Gasteiger partial charge in [0.25, 0.3) is 5.69 Å². The highest BCUT2D eigenvalue weighted by molar-refractivity contribution is 6.03. The molecule has 0 saturated carbocycles. The van der Waals surface area contributed by atoms with Gasteiger partial charge in [0.1, 0.15) is 12.4 Å². The van der Waals surface area contributed by atoms with E-state index in [1.807, 2.05) is 6.07 Å². The summed E-state index contributed by atoms with van der Waals surface area (Å²) in [6.07, 6.45) is 2.60. The van der Waals surface area contributed by atoms with Gasteiger partial charge in [0, 0.05) is 19.2 Å². The fraction of sp³-hybridized carbons (Fsp3) is 0.143. The third kappa shape index (κ3) is 3.06. The van der Waals surface area contributed by atoms with Crippen LogP contribution in [-0.2, 0) is 11.8 Å². The minimum Gasteiger partial charge on any atom is -0.465 e. The maximum Gasteiger partial charge on any atom is 0.338 e. The molecule has 2 aromatic rings. The van der Waals surface area contributed by atoms with Crippen molar-refractivity contribution in [3.8, 4) is 6.07 Å². The summed E-state index contributed by atoms with van der Waals surface area (Å²) >= 11 is 0. The van der Waals surface area contributed by atoms with Crippen LogP contribution in [0.5, 0.6) is 0 Å². The summed E-state index contributed by atoms with van der Waals surface area (Å²) in [5.74, 6) is -0.460. The topological polar surface area (TPSA) is 124 Å². The second-order valence-corrected chi connectivity index (χ2v) is 4.36. The van der Waals surface area contributed by atoms with Crippen molar-refractivity contribution >= 4 is 23.3 Å². The number of hydrogen-bond donors (Lipinski definition) is 0. The zero-order valence-electron chi connectivity index (χ0n) is 12.3. The number of methoxy groups -OCH3 is 1. The number of hydrogen-bond acceptors (Lipinski definition) is 7. The quantitative estimate of drug-likeness (QED) is 0.363. The summed E-state index contributed by atoms with van der Waals surface area (Å²) in [6.45, 7) is 0. The average molecular weight is 313 g/mol. The van der Waals surface area contributed by atoms with Crippen LogP contribution >= 0.6 is 0 Å². The van der Waals surface area contributed by atoms with Crippen LogP contribution in [0.2, 0.25) is 0 Å². The monoisotopic (exact) mass is 313 g/mol. The average Bonchev–Trinajstić information content (AvgIpc) is 2.96. The summed E-state index contributed by atoms with van der Waals surface area (Å²) in [5, 5.41) is 24.5. The number of nitro groups is 1. The molecule has 0 fully saturated rings. The van der Waals surface area contributed by atoms with Crippen LogP contribution < -0.4 is 0 Å². The lowest BCUT2D eigenvalue weighted by Crippen LogP contribution is -2.08. The number of nitriles is 1. The second kappa shape index (κ2) is 6.48. The largest absolute Gasteiger partial charge is 0.465 e. The fourth-order valence-corrected chi connectivity index (χ4v) is 1.98. The van der Waals surface area contributed by atoms with Gasteiger partial charge in [-0.25, -0.2) is 14.5 Å².